The van der Waals surface area contributed by atoms with Crippen molar-refractivity contribution in [3.05, 3.63) is 40.8 Å². The number of fused-ring (bicyclic) bond motifs is 1. The maximum absolute atomic E-state index is 10.4. The third-order valence-electron chi connectivity index (χ3n) is 2.15. The quantitative estimate of drug-likeness (QED) is 0.785. The second kappa shape index (κ2) is 3.87. The number of rotatable bonds is 2. The second-order valence-corrected chi connectivity index (χ2v) is 4.40. The molecule has 1 aromatic carbocycles. The molecule has 0 atom stereocenters. The van der Waals surface area contributed by atoms with Crippen molar-refractivity contribution in [2.75, 3.05) is 0 Å². The van der Waals surface area contributed by atoms with Gasteiger partial charge in [-0.3, -0.25) is 0 Å². The van der Waals surface area contributed by atoms with E-state index in [-0.39, 0.29) is 0 Å². The normalized spacial score (nSPS) is 11.3. The van der Waals surface area contributed by atoms with Gasteiger partial charge in [0.25, 0.3) is 0 Å². The van der Waals surface area contributed by atoms with Crippen LogP contribution < -0.4 is 0 Å². The minimum Gasteiger partial charge on any atom is -0.478 e. The Morgan fingerprint density at radius 1 is 1.47 bits per heavy atom. The number of carboxylic acids is 1. The molecule has 2 rings (SSSR count). The van der Waals surface area contributed by atoms with Crippen molar-refractivity contribution < 1.29 is 9.90 Å². The third kappa shape index (κ3) is 2.07. The molecule has 1 aromatic heterocycles. The van der Waals surface area contributed by atoms with Crippen LogP contribution in [0.3, 0.4) is 0 Å². The molecule has 1 heterocycles. The van der Waals surface area contributed by atoms with Gasteiger partial charge in [-0.05, 0) is 30.0 Å². The Hall–Kier alpha value is -1.61. The van der Waals surface area contributed by atoms with Gasteiger partial charge in [-0.2, -0.15) is 0 Å². The first kappa shape index (κ1) is 9.93. The maximum atomic E-state index is 10.4. The minimum absolute atomic E-state index is 0.913. The summed E-state index contributed by atoms with van der Waals surface area (Å²) in [6.07, 6.45) is 2.80. The average molecular weight is 218 g/mol. The zero-order valence-corrected chi connectivity index (χ0v) is 9.04. The molecule has 0 aliphatic heterocycles. The molecule has 0 saturated carbocycles. The lowest BCUT2D eigenvalue weighted by Crippen LogP contribution is -1.84. The maximum Gasteiger partial charge on any atom is 0.328 e. The predicted molar refractivity (Wildman–Crippen MR) is 63.2 cm³/mol. The predicted octanol–water partition coefficient (Wildman–Crippen LogP) is 3.31. The summed E-state index contributed by atoms with van der Waals surface area (Å²) >= 11 is 1.62. The van der Waals surface area contributed by atoms with E-state index in [1.165, 1.54) is 21.7 Å². The standard InChI is InChI=1S/C12H10O2S/c1-8-3-2-4-9-7-10(15-12(8)9)5-6-11(13)14/h2-7H,1H3,(H,13,14). The van der Waals surface area contributed by atoms with Gasteiger partial charge in [0.2, 0.25) is 0 Å². The molecule has 0 saturated heterocycles. The molecule has 3 heteroatoms. The molecular weight excluding hydrogens is 208 g/mol. The molecule has 0 bridgehead atoms. The molecule has 0 radical (unpaired) electrons. The van der Waals surface area contributed by atoms with Crippen LogP contribution >= 0.6 is 11.3 Å². The SMILES string of the molecule is Cc1cccc2cc(C=CC(=O)O)sc12. The molecule has 2 nitrogen and oxygen atoms in total. The number of carboxylic acid groups (broad SMARTS) is 1. The number of hydrogen-bond donors (Lipinski definition) is 1. The van der Waals surface area contributed by atoms with Crippen LogP contribution in [0, 0.1) is 6.92 Å². The number of carbonyl (C=O) groups is 1. The van der Waals surface area contributed by atoms with Crippen LogP contribution in [0.5, 0.6) is 0 Å². The van der Waals surface area contributed by atoms with E-state index in [1.54, 1.807) is 17.4 Å². The zero-order valence-electron chi connectivity index (χ0n) is 8.23. The summed E-state index contributed by atoms with van der Waals surface area (Å²) < 4.78 is 1.22. The van der Waals surface area contributed by atoms with Crippen LogP contribution in [0.15, 0.2) is 30.3 Å². The molecule has 1 N–H and O–H groups in total. The Balaban J connectivity index is 2.48. The number of thiophene rings is 1. The summed E-state index contributed by atoms with van der Waals surface area (Å²) in [6.45, 7) is 2.06. The summed E-state index contributed by atoms with van der Waals surface area (Å²) in [7, 11) is 0. The van der Waals surface area contributed by atoms with Crippen LogP contribution in [-0.4, -0.2) is 11.1 Å². The van der Waals surface area contributed by atoms with Gasteiger partial charge in [-0.15, -0.1) is 11.3 Å². The van der Waals surface area contributed by atoms with E-state index >= 15 is 0 Å². The average Bonchev–Trinajstić information content (AvgIpc) is 2.59. The van der Waals surface area contributed by atoms with Crippen LogP contribution in [-0.2, 0) is 4.79 Å². The minimum atomic E-state index is -0.913. The van der Waals surface area contributed by atoms with E-state index in [4.69, 9.17) is 5.11 Å². The monoisotopic (exact) mass is 218 g/mol. The molecule has 0 amide bonds. The van der Waals surface area contributed by atoms with Gasteiger partial charge < -0.3 is 5.11 Å². The van der Waals surface area contributed by atoms with Crippen molar-refractivity contribution in [3.8, 4) is 0 Å². The lowest BCUT2D eigenvalue weighted by Gasteiger charge is -1.91. The first-order valence-corrected chi connectivity index (χ1v) is 5.38. The highest BCUT2D eigenvalue weighted by atomic mass is 32.1. The van der Waals surface area contributed by atoms with Crippen LogP contribution in [0.4, 0.5) is 0 Å². The summed E-state index contributed by atoms with van der Waals surface area (Å²) in [5.74, 6) is -0.913. The number of aliphatic carboxylic acids is 1. The Morgan fingerprint density at radius 3 is 2.93 bits per heavy atom. The van der Waals surface area contributed by atoms with Gasteiger partial charge in [-0.1, -0.05) is 18.2 Å². The molecule has 0 aliphatic rings. The fourth-order valence-electron chi connectivity index (χ4n) is 1.46. The fraction of sp³-hybridized carbons (Fsp3) is 0.0833. The summed E-state index contributed by atoms with van der Waals surface area (Å²) in [6, 6.07) is 8.11. The van der Waals surface area contributed by atoms with Gasteiger partial charge in [-0.25, -0.2) is 4.79 Å². The Labute approximate surface area is 91.5 Å². The van der Waals surface area contributed by atoms with Crippen molar-refractivity contribution >= 4 is 33.5 Å². The van der Waals surface area contributed by atoms with Crippen molar-refractivity contribution in [2.45, 2.75) is 6.92 Å². The van der Waals surface area contributed by atoms with Crippen molar-refractivity contribution in [2.24, 2.45) is 0 Å². The van der Waals surface area contributed by atoms with Gasteiger partial charge in [0.05, 0.1) is 0 Å². The van der Waals surface area contributed by atoms with Crippen LogP contribution in [0.1, 0.15) is 10.4 Å². The Bertz CT molecular complexity index is 538. The third-order valence-corrected chi connectivity index (χ3v) is 3.40. The van der Waals surface area contributed by atoms with Crippen LogP contribution in [0.2, 0.25) is 0 Å². The van der Waals surface area contributed by atoms with E-state index in [9.17, 15) is 4.79 Å². The van der Waals surface area contributed by atoms with E-state index in [0.29, 0.717) is 0 Å². The zero-order chi connectivity index (χ0) is 10.8. The van der Waals surface area contributed by atoms with Crippen molar-refractivity contribution in [1.82, 2.24) is 0 Å². The molecule has 0 aliphatic carbocycles. The first-order chi connectivity index (χ1) is 7.16. The molecule has 0 unspecified atom stereocenters. The van der Waals surface area contributed by atoms with Crippen molar-refractivity contribution in [1.29, 1.82) is 0 Å². The van der Waals surface area contributed by atoms with E-state index in [2.05, 4.69) is 13.0 Å². The highest BCUT2D eigenvalue weighted by Crippen LogP contribution is 2.29. The van der Waals surface area contributed by atoms with Crippen LogP contribution in [0.25, 0.3) is 16.2 Å². The lowest BCUT2D eigenvalue weighted by molar-refractivity contribution is -0.131. The molecule has 0 spiro atoms. The second-order valence-electron chi connectivity index (χ2n) is 3.31. The Kier molecular flexibility index (Phi) is 2.56. The van der Waals surface area contributed by atoms with Crippen molar-refractivity contribution in [3.63, 3.8) is 0 Å². The topological polar surface area (TPSA) is 37.3 Å². The molecule has 76 valence electrons. The summed E-state index contributed by atoms with van der Waals surface area (Å²) in [4.78, 5) is 11.3. The smallest absolute Gasteiger partial charge is 0.328 e. The number of aryl methyl sites for hydroxylation is 1. The largest absolute Gasteiger partial charge is 0.478 e. The van der Waals surface area contributed by atoms with E-state index in [0.717, 1.165) is 4.88 Å². The molecule has 2 aromatic rings. The van der Waals surface area contributed by atoms with E-state index < -0.39 is 5.97 Å². The van der Waals surface area contributed by atoms with Gasteiger partial charge in [0, 0.05) is 15.7 Å². The molecular formula is C12H10O2S. The highest BCUT2D eigenvalue weighted by Gasteiger charge is 2.01. The van der Waals surface area contributed by atoms with Gasteiger partial charge >= 0.3 is 5.97 Å². The highest BCUT2D eigenvalue weighted by molar-refractivity contribution is 7.20. The molecule has 15 heavy (non-hydrogen) atoms. The molecule has 0 fully saturated rings. The first-order valence-electron chi connectivity index (χ1n) is 4.57. The van der Waals surface area contributed by atoms with Gasteiger partial charge in [0.15, 0.2) is 0 Å². The van der Waals surface area contributed by atoms with Gasteiger partial charge in [0.1, 0.15) is 0 Å². The summed E-state index contributed by atoms with van der Waals surface area (Å²) in [5, 5.41) is 9.69. The lowest BCUT2D eigenvalue weighted by atomic mass is 10.2. The number of hydrogen-bond acceptors (Lipinski definition) is 2. The number of benzene rings is 1. The fourth-order valence-corrected chi connectivity index (χ4v) is 2.50. The summed E-state index contributed by atoms with van der Waals surface area (Å²) in [5.41, 5.74) is 1.23. The Morgan fingerprint density at radius 2 is 2.27 bits per heavy atom. The van der Waals surface area contributed by atoms with E-state index in [1.807, 2.05) is 18.2 Å².